The third-order valence-corrected chi connectivity index (χ3v) is 6.04. The van der Waals surface area contributed by atoms with Gasteiger partial charge in [-0.1, -0.05) is 0 Å². The lowest BCUT2D eigenvalue weighted by molar-refractivity contribution is -0.124. The first-order chi connectivity index (χ1) is 14.0. The topological polar surface area (TPSA) is 103 Å². The van der Waals surface area contributed by atoms with Gasteiger partial charge < -0.3 is 19.5 Å². The minimum Gasteiger partial charge on any atom is -0.490 e. The van der Waals surface area contributed by atoms with E-state index in [1.54, 1.807) is 30.3 Å². The van der Waals surface area contributed by atoms with Crippen molar-refractivity contribution in [3.05, 3.63) is 42.5 Å². The Hall–Kier alpha value is -2.78. The van der Waals surface area contributed by atoms with E-state index in [0.29, 0.717) is 49.1 Å². The molecule has 2 N–H and O–H groups in total. The highest BCUT2D eigenvalue weighted by Crippen LogP contribution is 2.32. The van der Waals surface area contributed by atoms with E-state index in [4.69, 9.17) is 14.2 Å². The van der Waals surface area contributed by atoms with Gasteiger partial charge in [0.15, 0.2) is 11.5 Å². The number of carbonyl (C=O) groups excluding carboxylic acids is 1. The van der Waals surface area contributed by atoms with Crippen molar-refractivity contribution in [1.29, 1.82) is 0 Å². The van der Waals surface area contributed by atoms with E-state index in [1.807, 2.05) is 0 Å². The van der Waals surface area contributed by atoms with Gasteiger partial charge in [0.2, 0.25) is 0 Å². The van der Waals surface area contributed by atoms with Crippen LogP contribution in [0.2, 0.25) is 0 Å². The van der Waals surface area contributed by atoms with Gasteiger partial charge in [0.25, 0.3) is 15.9 Å². The van der Waals surface area contributed by atoms with E-state index >= 15 is 0 Å². The zero-order valence-corrected chi connectivity index (χ0v) is 16.5. The number of anilines is 2. The van der Waals surface area contributed by atoms with Gasteiger partial charge in [-0.05, 0) is 49.2 Å². The van der Waals surface area contributed by atoms with Crippen molar-refractivity contribution in [3.8, 4) is 11.5 Å². The molecule has 0 aliphatic carbocycles. The molecular formula is C20H22N2O6S. The van der Waals surface area contributed by atoms with Gasteiger partial charge in [0.05, 0.1) is 18.1 Å². The lowest BCUT2D eigenvalue weighted by Crippen LogP contribution is -2.26. The predicted octanol–water partition coefficient (Wildman–Crippen LogP) is 2.77. The van der Waals surface area contributed by atoms with Gasteiger partial charge in [0, 0.05) is 30.5 Å². The highest BCUT2D eigenvalue weighted by molar-refractivity contribution is 7.92. The standard InChI is InChI=1S/C20H22N2O6S/c23-20(18-3-1-10-27-18)21-14-4-6-15(7-5-14)22-29(24,25)16-8-9-17-19(13-16)28-12-2-11-26-17/h4-9,13,18,22H,1-3,10-12H2,(H,21,23)/t18-/m0/s1. The molecule has 0 radical (unpaired) electrons. The fraction of sp³-hybridized carbons (Fsp3) is 0.350. The summed E-state index contributed by atoms with van der Waals surface area (Å²) in [4.78, 5) is 12.2. The largest absolute Gasteiger partial charge is 0.490 e. The zero-order chi connectivity index (χ0) is 20.3. The van der Waals surface area contributed by atoms with Gasteiger partial charge in [-0.25, -0.2) is 8.42 Å². The molecule has 2 aliphatic rings. The van der Waals surface area contributed by atoms with E-state index in [1.165, 1.54) is 12.1 Å². The Morgan fingerprint density at radius 1 is 0.897 bits per heavy atom. The molecule has 2 heterocycles. The number of hydrogen-bond acceptors (Lipinski definition) is 6. The number of ether oxygens (including phenoxy) is 3. The number of benzene rings is 2. The number of rotatable bonds is 5. The monoisotopic (exact) mass is 418 g/mol. The summed E-state index contributed by atoms with van der Waals surface area (Å²) in [5, 5.41) is 2.77. The molecule has 4 rings (SSSR count). The average Bonchev–Trinajstić information content (AvgIpc) is 3.15. The first kappa shape index (κ1) is 19.5. The van der Waals surface area contributed by atoms with Crippen molar-refractivity contribution in [2.24, 2.45) is 0 Å². The van der Waals surface area contributed by atoms with Gasteiger partial charge >= 0.3 is 0 Å². The molecule has 8 nitrogen and oxygen atoms in total. The van der Waals surface area contributed by atoms with Crippen LogP contribution in [0, 0.1) is 0 Å². The van der Waals surface area contributed by atoms with Gasteiger partial charge in [0.1, 0.15) is 6.10 Å². The second kappa shape index (κ2) is 8.30. The molecule has 0 unspecified atom stereocenters. The summed E-state index contributed by atoms with van der Waals surface area (Å²) in [5.74, 6) is 0.758. The number of hydrogen-bond donors (Lipinski definition) is 2. The Morgan fingerprint density at radius 2 is 1.62 bits per heavy atom. The maximum Gasteiger partial charge on any atom is 0.262 e. The summed E-state index contributed by atoms with van der Waals surface area (Å²) >= 11 is 0. The molecule has 1 amide bonds. The number of carbonyl (C=O) groups is 1. The second-order valence-corrected chi connectivity index (χ2v) is 8.52. The quantitative estimate of drug-likeness (QED) is 0.774. The van der Waals surface area contributed by atoms with E-state index in [9.17, 15) is 13.2 Å². The normalized spacial score (nSPS) is 18.7. The summed E-state index contributed by atoms with van der Waals surface area (Å²) < 4.78 is 44.4. The zero-order valence-electron chi connectivity index (χ0n) is 15.7. The fourth-order valence-electron chi connectivity index (χ4n) is 3.15. The molecular weight excluding hydrogens is 396 g/mol. The number of amides is 1. The molecule has 29 heavy (non-hydrogen) atoms. The average molecular weight is 418 g/mol. The van der Waals surface area contributed by atoms with E-state index in [-0.39, 0.29) is 10.8 Å². The third-order valence-electron chi connectivity index (χ3n) is 4.66. The Balaban J connectivity index is 1.44. The number of nitrogens with one attached hydrogen (secondary N) is 2. The van der Waals surface area contributed by atoms with Gasteiger partial charge in [-0.2, -0.15) is 0 Å². The van der Waals surface area contributed by atoms with Crippen LogP contribution >= 0.6 is 0 Å². The van der Waals surface area contributed by atoms with Crippen LogP contribution in [0.15, 0.2) is 47.4 Å². The molecule has 0 spiro atoms. The highest BCUT2D eigenvalue weighted by atomic mass is 32.2. The molecule has 2 aromatic rings. The molecule has 0 aromatic heterocycles. The minimum atomic E-state index is -3.80. The Morgan fingerprint density at radius 3 is 2.34 bits per heavy atom. The smallest absolute Gasteiger partial charge is 0.262 e. The van der Waals surface area contributed by atoms with Crippen LogP contribution in [0.4, 0.5) is 11.4 Å². The fourth-order valence-corrected chi connectivity index (χ4v) is 4.23. The molecule has 0 saturated carbocycles. The van der Waals surface area contributed by atoms with Crippen molar-refractivity contribution < 1.29 is 27.4 Å². The molecule has 1 fully saturated rings. The van der Waals surface area contributed by atoms with Gasteiger partial charge in [-0.15, -0.1) is 0 Å². The number of fused-ring (bicyclic) bond motifs is 1. The van der Waals surface area contributed by atoms with Crippen molar-refractivity contribution in [3.63, 3.8) is 0 Å². The summed E-state index contributed by atoms with van der Waals surface area (Å²) in [5.41, 5.74) is 0.955. The van der Waals surface area contributed by atoms with Gasteiger partial charge in [-0.3, -0.25) is 9.52 Å². The summed E-state index contributed by atoms with van der Waals surface area (Å²) in [7, 11) is -3.80. The molecule has 154 valence electrons. The van der Waals surface area contributed by atoms with Crippen molar-refractivity contribution in [2.75, 3.05) is 29.9 Å². The summed E-state index contributed by atoms with van der Waals surface area (Å²) in [6, 6.07) is 11.0. The van der Waals surface area contributed by atoms with Crippen LogP contribution in [0.3, 0.4) is 0 Å². The van der Waals surface area contributed by atoms with Crippen LogP contribution in [-0.2, 0) is 19.6 Å². The summed E-state index contributed by atoms with van der Waals surface area (Å²) in [6.07, 6.45) is 1.90. The summed E-state index contributed by atoms with van der Waals surface area (Å²) in [6.45, 7) is 1.61. The third kappa shape index (κ3) is 4.63. The Bertz CT molecular complexity index is 985. The van der Waals surface area contributed by atoms with Crippen LogP contribution in [0.1, 0.15) is 19.3 Å². The molecule has 1 saturated heterocycles. The van der Waals surface area contributed by atoms with E-state index < -0.39 is 16.1 Å². The molecule has 2 aliphatic heterocycles. The van der Waals surface area contributed by atoms with Crippen molar-refractivity contribution >= 4 is 27.3 Å². The second-order valence-electron chi connectivity index (χ2n) is 6.83. The first-order valence-electron chi connectivity index (χ1n) is 9.46. The Kier molecular flexibility index (Phi) is 5.59. The predicted molar refractivity (Wildman–Crippen MR) is 107 cm³/mol. The van der Waals surface area contributed by atoms with Crippen LogP contribution in [-0.4, -0.2) is 40.2 Å². The molecule has 2 aromatic carbocycles. The molecule has 1 atom stereocenters. The maximum atomic E-state index is 12.7. The van der Waals surface area contributed by atoms with Crippen molar-refractivity contribution in [1.82, 2.24) is 0 Å². The lowest BCUT2D eigenvalue weighted by atomic mass is 10.2. The molecule has 0 bridgehead atoms. The minimum absolute atomic E-state index is 0.0810. The van der Waals surface area contributed by atoms with Crippen LogP contribution in [0.25, 0.3) is 0 Å². The maximum absolute atomic E-state index is 12.7. The molecule has 9 heteroatoms. The van der Waals surface area contributed by atoms with Crippen LogP contribution < -0.4 is 19.5 Å². The van der Waals surface area contributed by atoms with E-state index in [0.717, 1.165) is 12.8 Å². The van der Waals surface area contributed by atoms with Crippen LogP contribution in [0.5, 0.6) is 11.5 Å². The van der Waals surface area contributed by atoms with E-state index in [2.05, 4.69) is 10.0 Å². The lowest BCUT2D eigenvalue weighted by Gasteiger charge is -2.13. The highest BCUT2D eigenvalue weighted by Gasteiger charge is 2.23. The Labute approximate surface area is 169 Å². The van der Waals surface area contributed by atoms with Crippen molar-refractivity contribution in [2.45, 2.75) is 30.3 Å². The first-order valence-corrected chi connectivity index (χ1v) is 10.9. The SMILES string of the molecule is O=C(Nc1ccc(NS(=O)(=O)c2ccc3c(c2)OCCCO3)cc1)[C@@H]1CCCO1. The number of sulfonamides is 1.